The molecule has 0 spiro atoms. The Kier molecular flexibility index (Phi) is 6.48. The molecule has 0 aliphatic heterocycles. The molecule has 17 heavy (non-hydrogen) atoms. The molecule has 1 atom stereocenters. The summed E-state index contributed by atoms with van der Waals surface area (Å²) in [5, 5.41) is 3.29. The highest BCUT2D eigenvalue weighted by atomic mass is 16.5. The average Bonchev–Trinajstić information content (AvgIpc) is 2.32. The molecule has 1 unspecified atom stereocenters. The van der Waals surface area contributed by atoms with Crippen molar-refractivity contribution in [3.05, 3.63) is 24.3 Å². The molecule has 0 fully saturated rings. The van der Waals surface area contributed by atoms with Gasteiger partial charge in [-0.15, -0.1) is 0 Å². The van der Waals surface area contributed by atoms with Crippen LogP contribution in [0.3, 0.4) is 0 Å². The lowest BCUT2D eigenvalue weighted by molar-refractivity contribution is 0.197. The van der Waals surface area contributed by atoms with Crippen LogP contribution in [-0.2, 0) is 0 Å². The van der Waals surface area contributed by atoms with Gasteiger partial charge in [0.05, 0.1) is 12.7 Å². The largest absolute Gasteiger partial charge is 0.490 e. The number of hydrogen-bond acceptors (Lipinski definition) is 3. The zero-order valence-corrected chi connectivity index (χ0v) is 11.0. The van der Waals surface area contributed by atoms with Crippen molar-refractivity contribution in [2.45, 2.75) is 33.3 Å². The Hall–Kier alpha value is -1.22. The fourth-order valence-corrected chi connectivity index (χ4v) is 1.58. The van der Waals surface area contributed by atoms with Crippen LogP contribution in [-0.4, -0.2) is 25.8 Å². The van der Waals surface area contributed by atoms with Crippen molar-refractivity contribution in [2.75, 3.05) is 19.7 Å². The van der Waals surface area contributed by atoms with Gasteiger partial charge in [-0.05, 0) is 45.5 Å². The predicted octanol–water partition coefficient (Wildman–Crippen LogP) is 2.85. The fraction of sp³-hybridized carbons (Fsp3) is 0.571. The molecule has 1 aromatic rings. The van der Waals surface area contributed by atoms with Crippen LogP contribution >= 0.6 is 0 Å². The monoisotopic (exact) mass is 237 g/mol. The van der Waals surface area contributed by atoms with Gasteiger partial charge in [0.25, 0.3) is 0 Å². The second-order valence-corrected chi connectivity index (χ2v) is 3.95. The normalized spacial score (nSPS) is 12.2. The summed E-state index contributed by atoms with van der Waals surface area (Å²) in [6.07, 6.45) is 1.18. The van der Waals surface area contributed by atoms with E-state index < -0.39 is 0 Å². The first-order valence-corrected chi connectivity index (χ1v) is 6.37. The summed E-state index contributed by atoms with van der Waals surface area (Å²) in [7, 11) is 0. The van der Waals surface area contributed by atoms with Crippen LogP contribution in [0.4, 0.5) is 0 Å². The van der Waals surface area contributed by atoms with E-state index in [4.69, 9.17) is 9.47 Å². The first-order valence-electron chi connectivity index (χ1n) is 6.37. The third-order valence-electron chi connectivity index (χ3n) is 2.45. The van der Waals surface area contributed by atoms with Crippen LogP contribution in [0.2, 0.25) is 0 Å². The molecule has 1 N–H and O–H groups in total. The van der Waals surface area contributed by atoms with Crippen LogP contribution in [0.25, 0.3) is 0 Å². The molecule has 0 bridgehead atoms. The van der Waals surface area contributed by atoms with Crippen molar-refractivity contribution in [3.63, 3.8) is 0 Å². The van der Waals surface area contributed by atoms with Crippen molar-refractivity contribution >= 4 is 0 Å². The quantitative estimate of drug-likeness (QED) is 0.705. The summed E-state index contributed by atoms with van der Waals surface area (Å²) >= 11 is 0. The van der Waals surface area contributed by atoms with Crippen LogP contribution in [0.15, 0.2) is 24.3 Å². The van der Waals surface area contributed by atoms with Crippen molar-refractivity contribution in [1.29, 1.82) is 0 Å². The number of para-hydroxylation sites is 2. The Balaban J connectivity index is 2.48. The average molecular weight is 237 g/mol. The van der Waals surface area contributed by atoms with Gasteiger partial charge >= 0.3 is 0 Å². The summed E-state index contributed by atoms with van der Waals surface area (Å²) in [5.41, 5.74) is 0. The van der Waals surface area contributed by atoms with Gasteiger partial charge in [-0.25, -0.2) is 0 Å². The second-order valence-electron chi connectivity index (χ2n) is 3.95. The highest BCUT2D eigenvalue weighted by molar-refractivity contribution is 5.39. The standard InChI is InChI=1S/C14H23NO2/c1-4-15-11-10-12(3)17-14-9-7-6-8-13(14)16-5-2/h6-9,12,15H,4-5,10-11H2,1-3H3. The van der Waals surface area contributed by atoms with E-state index >= 15 is 0 Å². The maximum atomic E-state index is 5.88. The van der Waals surface area contributed by atoms with Crippen molar-refractivity contribution in [1.82, 2.24) is 5.32 Å². The van der Waals surface area contributed by atoms with E-state index in [1.807, 2.05) is 31.2 Å². The van der Waals surface area contributed by atoms with Crippen molar-refractivity contribution in [3.8, 4) is 11.5 Å². The number of hydrogen-bond donors (Lipinski definition) is 1. The summed E-state index contributed by atoms with van der Waals surface area (Å²) in [5.74, 6) is 1.66. The van der Waals surface area contributed by atoms with Crippen molar-refractivity contribution < 1.29 is 9.47 Å². The molecule has 3 heteroatoms. The Morgan fingerprint density at radius 2 is 1.88 bits per heavy atom. The number of ether oxygens (including phenoxy) is 2. The molecule has 0 heterocycles. The minimum absolute atomic E-state index is 0.190. The molecule has 0 aromatic heterocycles. The first kappa shape index (κ1) is 13.8. The van der Waals surface area contributed by atoms with Gasteiger partial charge in [0.1, 0.15) is 0 Å². The van der Waals surface area contributed by atoms with Gasteiger partial charge in [-0.3, -0.25) is 0 Å². The number of rotatable bonds is 8. The molecular formula is C14H23NO2. The fourth-order valence-electron chi connectivity index (χ4n) is 1.58. The lowest BCUT2D eigenvalue weighted by Gasteiger charge is -2.17. The van der Waals surface area contributed by atoms with Crippen LogP contribution < -0.4 is 14.8 Å². The van der Waals surface area contributed by atoms with E-state index in [0.717, 1.165) is 31.0 Å². The van der Waals surface area contributed by atoms with Gasteiger partial charge in [0.15, 0.2) is 11.5 Å². The lowest BCUT2D eigenvalue weighted by atomic mass is 10.2. The molecule has 0 saturated carbocycles. The lowest BCUT2D eigenvalue weighted by Crippen LogP contribution is -2.22. The SMILES string of the molecule is CCNCCC(C)Oc1ccccc1OCC. The minimum Gasteiger partial charge on any atom is -0.490 e. The zero-order chi connectivity index (χ0) is 12.5. The first-order chi connectivity index (χ1) is 8.27. The molecule has 0 amide bonds. The van der Waals surface area contributed by atoms with E-state index in [1.54, 1.807) is 0 Å². The van der Waals surface area contributed by atoms with E-state index in [2.05, 4.69) is 19.2 Å². The molecule has 96 valence electrons. The van der Waals surface area contributed by atoms with Crippen molar-refractivity contribution in [2.24, 2.45) is 0 Å². The molecule has 0 radical (unpaired) electrons. The van der Waals surface area contributed by atoms with Gasteiger partial charge in [-0.2, -0.15) is 0 Å². The summed E-state index contributed by atoms with van der Waals surface area (Å²) in [6.45, 7) is 8.81. The smallest absolute Gasteiger partial charge is 0.161 e. The molecule has 0 aliphatic rings. The molecule has 1 rings (SSSR count). The number of benzene rings is 1. The van der Waals surface area contributed by atoms with E-state index in [-0.39, 0.29) is 6.10 Å². The Labute approximate surface area is 104 Å². The molecule has 0 saturated heterocycles. The van der Waals surface area contributed by atoms with E-state index in [1.165, 1.54) is 0 Å². The zero-order valence-electron chi connectivity index (χ0n) is 11.0. The summed E-state index contributed by atoms with van der Waals surface area (Å²) in [6, 6.07) is 7.82. The minimum atomic E-state index is 0.190. The summed E-state index contributed by atoms with van der Waals surface area (Å²) < 4.78 is 11.4. The van der Waals surface area contributed by atoms with Gasteiger partial charge in [-0.1, -0.05) is 19.1 Å². The molecule has 3 nitrogen and oxygen atoms in total. The highest BCUT2D eigenvalue weighted by Gasteiger charge is 2.08. The van der Waals surface area contributed by atoms with Gasteiger partial charge in [0.2, 0.25) is 0 Å². The van der Waals surface area contributed by atoms with Crippen LogP contribution in [0.5, 0.6) is 11.5 Å². The third-order valence-corrected chi connectivity index (χ3v) is 2.45. The third kappa shape index (κ3) is 5.09. The molecular weight excluding hydrogens is 214 g/mol. The van der Waals surface area contributed by atoms with Crippen LogP contribution in [0.1, 0.15) is 27.2 Å². The Morgan fingerprint density at radius 1 is 1.18 bits per heavy atom. The van der Waals surface area contributed by atoms with Crippen LogP contribution in [0, 0.1) is 0 Å². The van der Waals surface area contributed by atoms with Gasteiger partial charge < -0.3 is 14.8 Å². The topological polar surface area (TPSA) is 30.5 Å². The molecule has 0 aliphatic carbocycles. The number of nitrogens with one attached hydrogen (secondary N) is 1. The maximum Gasteiger partial charge on any atom is 0.161 e. The summed E-state index contributed by atoms with van der Waals surface area (Å²) in [4.78, 5) is 0. The Morgan fingerprint density at radius 3 is 2.53 bits per heavy atom. The highest BCUT2D eigenvalue weighted by Crippen LogP contribution is 2.27. The van der Waals surface area contributed by atoms with E-state index in [9.17, 15) is 0 Å². The molecule has 1 aromatic carbocycles. The van der Waals surface area contributed by atoms with Gasteiger partial charge in [0, 0.05) is 0 Å². The Bertz CT molecular complexity index is 315. The van der Waals surface area contributed by atoms with E-state index in [0.29, 0.717) is 6.61 Å². The maximum absolute atomic E-state index is 5.88. The second kappa shape index (κ2) is 7.96. The predicted molar refractivity (Wildman–Crippen MR) is 70.9 cm³/mol.